The van der Waals surface area contributed by atoms with Crippen LogP contribution in [-0.4, -0.2) is 15.1 Å². The number of hydrogen-bond acceptors (Lipinski definition) is 2. The quantitative estimate of drug-likeness (QED) is 0.848. The van der Waals surface area contributed by atoms with Crippen LogP contribution in [0.2, 0.25) is 0 Å². The summed E-state index contributed by atoms with van der Waals surface area (Å²) < 4.78 is 3.27. The average molecular weight is 270 g/mol. The summed E-state index contributed by atoms with van der Waals surface area (Å²) >= 11 is 3.51. The third-order valence-electron chi connectivity index (χ3n) is 4.01. The van der Waals surface area contributed by atoms with E-state index in [-0.39, 0.29) is 5.54 Å². The van der Waals surface area contributed by atoms with Gasteiger partial charge in [-0.15, -0.1) is 0 Å². The molecule has 0 aromatic carbocycles. The molecule has 1 atom stereocenters. The summed E-state index contributed by atoms with van der Waals surface area (Å²) in [6.45, 7) is 3.16. The predicted molar refractivity (Wildman–Crippen MR) is 62.6 cm³/mol. The van der Waals surface area contributed by atoms with E-state index in [0.29, 0.717) is 5.92 Å². The second-order valence-electron chi connectivity index (χ2n) is 4.99. The zero-order valence-corrected chi connectivity index (χ0v) is 10.5. The Balaban J connectivity index is 1.92. The Kier molecular flexibility index (Phi) is 2.02. The number of halogens is 1. The molecule has 0 bridgehead atoms. The van der Waals surface area contributed by atoms with Crippen LogP contribution in [0, 0.1) is 12.8 Å². The van der Waals surface area contributed by atoms with Gasteiger partial charge in [0.25, 0.3) is 0 Å². The smallest absolute Gasteiger partial charge is 0.177 e. The lowest BCUT2D eigenvalue weighted by molar-refractivity contribution is 0.313. The fraction of sp³-hybridized carbons (Fsp3) is 0.727. The molecule has 1 unspecified atom stereocenters. The summed E-state index contributed by atoms with van der Waals surface area (Å²) in [5.41, 5.74) is 9.00. The van der Waals surface area contributed by atoms with Crippen molar-refractivity contribution in [2.45, 2.75) is 44.7 Å². The van der Waals surface area contributed by atoms with Crippen LogP contribution in [0.3, 0.4) is 0 Å². The number of nitrogens with two attached hydrogens (primary N) is 1. The van der Waals surface area contributed by atoms with Crippen LogP contribution in [0.25, 0.3) is 0 Å². The first-order valence-electron chi connectivity index (χ1n) is 5.60. The second kappa shape index (κ2) is 3.08. The third kappa shape index (κ3) is 1.46. The first-order valence-corrected chi connectivity index (χ1v) is 6.40. The Hall–Kier alpha value is -0.350. The molecule has 0 amide bonds. The van der Waals surface area contributed by atoms with E-state index in [4.69, 9.17) is 5.73 Å². The molecule has 1 aromatic rings. The molecule has 1 aromatic heterocycles. The highest BCUT2D eigenvalue weighted by atomic mass is 79.9. The van der Waals surface area contributed by atoms with Crippen molar-refractivity contribution in [3.8, 4) is 0 Å². The largest absolute Gasteiger partial charge is 0.325 e. The molecule has 2 heterocycles. The fourth-order valence-corrected chi connectivity index (χ4v) is 3.38. The molecule has 15 heavy (non-hydrogen) atoms. The highest BCUT2D eigenvalue weighted by Gasteiger charge is 2.46. The molecule has 2 aliphatic rings. The topological polar surface area (TPSA) is 43.8 Å². The Morgan fingerprint density at radius 3 is 2.93 bits per heavy atom. The van der Waals surface area contributed by atoms with Crippen LogP contribution in [0.1, 0.15) is 30.7 Å². The van der Waals surface area contributed by atoms with E-state index in [9.17, 15) is 0 Å². The van der Waals surface area contributed by atoms with Gasteiger partial charge >= 0.3 is 0 Å². The van der Waals surface area contributed by atoms with Gasteiger partial charge in [0, 0.05) is 17.8 Å². The predicted octanol–water partition coefficient (Wildman–Crippen LogP) is 2.01. The van der Waals surface area contributed by atoms with Crippen LogP contribution in [0.5, 0.6) is 0 Å². The van der Waals surface area contributed by atoms with Crippen molar-refractivity contribution in [3.05, 3.63) is 16.1 Å². The molecule has 3 nitrogen and oxygen atoms in total. The van der Waals surface area contributed by atoms with Crippen molar-refractivity contribution in [2.24, 2.45) is 11.7 Å². The maximum atomic E-state index is 6.29. The van der Waals surface area contributed by atoms with Crippen molar-refractivity contribution in [1.29, 1.82) is 0 Å². The van der Waals surface area contributed by atoms with Crippen molar-refractivity contribution in [2.75, 3.05) is 0 Å². The molecule has 2 N–H and O–H groups in total. The van der Waals surface area contributed by atoms with Gasteiger partial charge in [0.15, 0.2) is 4.73 Å². The molecule has 1 aliphatic carbocycles. The molecule has 1 saturated carbocycles. The van der Waals surface area contributed by atoms with E-state index < -0.39 is 0 Å². The molecule has 1 aliphatic heterocycles. The Morgan fingerprint density at radius 2 is 2.27 bits per heavy atom. The van der Waals surface area contributed by atoms with Crippen LogP contribution >= 0.6 is 15.9 Å². The lowest BCUT2D eigenvalue weighted by Gasteiger charge is -2.29. The number of aryl methyl sites for hydroxylation is 1. The minimum Gasteiger partial charge on any atom is -0.325 e. The van der Waals surface area contributed by atoms with Gasteiger partial charge < -0.3 is 10.3 Å². The number of fused-ring (bicyclic) bond motifs is 1. The van der Waals surface area contributed by atoms with Crippen LogP contribution in [-0.2, 0) is 13.0 Å². The average Bonchev–Trinajstić information content (AvgIpc) is 2.90. The van der Waals surface area contributed by atoms with E-state index in [1.807, 2.05) is 0 Å². The second-order valence-corrected chi connectivity index (χ2v) is 5.70. The van der Waals surface area contributed by atoms with E-state index in [0.717, 1.165) is 23.4 Å². The zero-order chi connectivity index (χ0) is 10.6. The molecule has 0 radical (unpaired) electrons. The molecule has 1 fully saturated rings. The van der Waals surface area contributed by atoms with Crippen LogP contribution < -0.4 is 5.73 Å². The first-order chi connectivity index (χ1) is 7.10. The standard InChI is InChI=1S/C11H16BrN3/c1-7-9-6-8(11(13)3-4-11)2-5-15(9)10(12)14-7/h8H,2-6,13H2,1H3. The number of nitrogens with zero attached hydrogens (tertiary/aromatic N) is 2. The lowest BCUT2D eigenvalue weighted by atomic mass is 9.87. The summed E-state index contributed by atoms with van der Waals surface area (Å²) in [6, 6.07) is 0. The zero-order valence-electron chi connectivity index (χ0n) is 8.96. The summed E-state index contributed by atoms with van der Waals surface area (Å²) in [4.78, 5) is 4.47. The maximum Gasteiger partial charge on any atom is 0.177 e. The van der Waals surface area contributed by atoms with Crippen molar-refractivity contribution < 1.29 is 0 Å². The number of aromatic nitrogens is 2. The fourth-order valence-electron chi connectivity index (χ4n) is 2.72. The van der Waals surface area contributed by atoms with Crippen LogP contribution in [0.4, 0.5) is 0 Å². The minimum atomic E-state index is 0.161. The Morgan fingerprint density at radius 1 is 1.53 bits per heavy atom. The van der Waals surface area contributed by atoms with Gasteiger partial charge in [0.05, 0.1) is 5.69 Å². The van der Waals surface area contributed by atoms with Gasteiger partial charge in [-0.25, -0.2) is 4.98 Å². The van der Waals surface area contributed by atoms with Crippen molar-refractivity contribution in [3.63, 3.8) is 0 Å². The lowest BCUT2D eigenvalue weighted by Crippen LogP contribution is -2.37. The van der Waals surface area contributed by atoms with Gasteiger partial charge in [-0.2, -0.15) is 0 Å². The van der Waals surface area contributed by atoms with Gasteiger partial charge in [0.2, 0.25) is 0 Å². The van der Waals surface area contributed by atoms with Gasteiger partial charge in [-0.3, -0.25) is 0 Å². The monoisotopic (exact) mass is 269 g/mol. The van der Waals surface area contributed by atoms with E-state index in [1.165, 1.54) is 25.0 Å². The number of imidazole rings is 1. The normalized spacial score (nSPS) is 27.5. The molecule has 0 saturated heterocycles. The first kappa shape index (κ1) is 9.85. The summed E-state index contributed by atoms with van der Waals surface area (Å²) in [5, 5.41) is 0. The Bertz CT molecular complexity index is 406. The highest BCUT2D eigenvalue weighted by Crippen LogP contribution is 2.45. The van der Waals surface area contributed by atoms with Gasteiger partial charge in [0.1, 0.15) is 0 Å². The minimum absolute atomic E-state index is 0.161. The number of rotatable bonds is 1. The summed E-state index contributed by atoms with van der Waals surface area (Å²) in [5.74, 6) is 0.673. The summed E-state index contributed by atoms with van der Waals surface area (Å²) in [6.07, 6.45) is 4.75. The van der Waals surface area contributed by atoms with E-state index in [1.54, 1.807) is 0 Å². The SMILES string of the molecule is Cc1nc(Br)n2c1CC(C1(N)CC1)CC2. The van der Waals surface area contributed by atoms with Gasteiger partial charge in [-0.1, -0.05) is 0 Å². The van der Waals surface area contributed by atoms with E-state index >= 15 is 0 Å². The van der Waals surface area contributed by atoms with Crippen molar-refractivity contribution in [1.82, 2.24) is 9.55 Å². The van der Waals surface area contributed by atoms with E-state index in [2.05, 4.69) is 32.4 Å². The van der Waals surface area contributed by atoms with Crippen molar-refractivity contribution >= 4 is 15.9 Å². The van der Waals surface area contributed by atoms with Crippen LogP contribution in [0.15, 0.2) is 4.73 Å². The van der Waals surface area contributed by atoms with Gasteiger partial charge in [-0.05, 0) is 54.5 Å². The molecule has 82 valence electrons. The molecule has 3 rings (SSSR count). The highest BCUT2D eigenvalue weighted by molar-refractivity contribution is 9.10. The number of hydrogen-bond donors (Lipinski definition) is 1. The molecule has 4 heteroatoms. The maximum absolute atomic E-state index is 6.29. The molecular formula is C11H16BrN3. The molecule has 0 spiro atoms. The molecular weight excluding hydrogens is 254 g/mol. The summed E-state index contributed by atoms with van der Waals surface area (Å²) in [7, 11) is 0. The Labute approximate surface area is 98.2 Å². The third-order valence-corrected chi connectivity index (χ3v) is 4.61.